The van der Waals surface area contributed by atoms with Crippen molar-refractivity contribution in [3.8, 4) is 0 Å². The molecule has 2 N–H and O–H groups in total. The molecular weight excluding hydrogens is 260 g/mol. The van der Waals surface area contributed by atoms with Gasteiger partial charge in [-0.25, -0.2) is 4.79 Å². The largest absolute Gasteiger partial charge is 0.383 e. The lowest BCUT2D eigenvalue weighted by molar-refractivity contribution is 0.198. The summed E-state index contributed by atoms with van der Waals surface area (Å²) in [5, 5.41) is 5.36. The van der Waals surface area contributed by atoms with Gasteiger partial charge >= 0.3 is 6.03 Å². The van der Waals surface area contributed by atoms with E-state index in [0.717, 1.165) is 10.2 Å². The highest BCUT2D eigenvalue weighted by molar-refractivity contribution is 9.10. The van der Waals surface area contributed by atoms with Crippen LogP contribution in [0.3, 0.4) is 0 Å². The van der Waals surface area contributed by atoms with Crippen LogP contribution in [0.2, 0.25) is 0 Å². The van der Waals surface area contributed by atoms with E-state index in [1.807, 2.05) is 24.3 Å². The summed E-state index contributed by atoms with van der Waals surface area (Å²) >= 11 is 3.32. The first kappa shape index (κ1) is 12.0. The maximum atomic E-state index is 11.3. The molecule has 2 amide bonds. The van der Waals surface area contributed by atoms with Crippen LogP contribution < -0.4 is 10.6 Å². The quantitative estimate of drug-likeness (QED) is 0.826. The number of urea groups is 1. The highest BCUT2D eigenvalue weighted by Gasteiger charge is 1.99. The molecule has 4 nitrogen and oxygen atoms in total. The number of carbonyl (C=O) groups excluding carboxylic acids is 1. The number of amides is 2. The van der Waals surface area contributed by atoms with E-state index in [-0.39, 0.29) is 6.03 Å². The predicted octanol–water partition coefficient (Wildman–Crippen LogP) is 2.22. The summed E-state index contributed by atoms with van der Waals surface area (Å²) in [5.74, 6) is 0. The van der Waals surface area contributed by atoms with Crippen LogP contribution in [0.1, 0.15) is 0 Å². The molecule has 0 atom stereocenters. The Balaban J connectivity index is 2.34. The van der Waals surface area contributed by atoms with Crippen LogP contribution in [0.4, 0.5) is 10.5 Å². The van der Waals surface area contributed by atoms with E-state index in [0.29, 0.717) is 13.2 Å². The Hall–Kier alpha value is -1.07. The summed E-state index contributed by atoms with van der Waals surface area (Å²) in [6, 6.07) is 7.14. The second-order valence-corrected chi connectivity index (χ2v) is 3.80. The first-order valence-corrected chi connectivity index (χ1v) is 5.31. The third-order valence-electron chi connectivity index (χ3n) is 1.69. The van der Waals surface area contributed by atoms with E-state index in [1.54, 1.807) is 7.11 Å². The molecule has 0 spiro atoms. The minimum Gasteiger partial charge on any atom is -0.383 e. The van der Waals surface area contributed by atoms with Gasteiger partial charge in [-0.05, 0) is 24.3 Å². The summed E-state index contributed by atoms with van der Waals surface area (Å²) in [7, 11) is 1.59. The molecule has 0 aliphatic carbocycles. The Bertz CT molecular complexity index is 314. The molecule has 1 rings (SSSR count). The van der Waals surface area contributed by atoms with Crippen molar-refractivity contribution in [3.05, 3.63) is 28.7 Å². The van der Waals surface area contributed by atoms with Gasteiger partial charge in [-0.2, -0.15) is 0 Å². The minimum atomic E-state index is -0.227. The maximum Gasteiger partial charge on any atom is 0.319 e. The van der Waals surface area contributed by atoms with Crippen molar-refractivity contribution in [2.75, 3.05) is 25.6 Å². The van der Waals surface area contributed by atoms with Gasteiger partial charge in [-0.3, -0.25) is 0 Å². The average molecular weight is 273 g/mol. The second kappa shape index (κ2) is 6.42. The van der Waals surface area contributed by atoms with Crippen molar-refractivity contribution in [2.24, 2.45) is 0 Å². The number of hydrogen-bond donors (Lipinski definition) is 2. The molecule has 1 aromatic rings. The molecule has 0 saturated heterocycles. The first-order chi connectivity index (χ1) is 7.22. The van der Waals surface area contributed by atoms with Crippen molar-refractivity contribution in [2.45, 2.75) is 0 Å². The Kier molecular flexibility index (Phi) is 5.14. The first-order valence-electron chi connectivity index (χ1n) is 4.51. The van der Waals surface area contributed by atoms with E-state index in [2.05, 4.69) is 26.6 Å². The number of benzene rings is 1. The fourth-order valence-electron chi connectivity index (χ4n) is 0.975. The summed E-state index contributed by atoms with van der Waals surface area (Å²) < 4.78 is 5.79. The zero-order valence-electron chi connectivity index (χ0n) is 8.42. The SMILES string of the molecule is COCCNC(=O)Nc1ccc(Br)cc1. The summed E-state index contributed by atoms with van der Waals surface area (Å²) in [6.07, 6.45) is 0. The normalized spacial score (nSPS) is 9.73. The smallest absolute Gasteiger partial charge is 0.319 e. The number of halogens is 1. The van der Waals surface area contributed by atoms with Crippen LogP contribution in [0.15, 0.2) is 28.7 Å². The molecule has 0 aliphatic heterocycles. The molecule has 0 bridgehead atoms. The molecule has 0 aliphatic rings. The van der Waals surface area contributed by atoms with Crippen LogP contribution >= 0.6 is 15.9 Å². The number of carbonyl (C=O) groups is 1. The lowest BCUT2D eigenvalue weighted by atomic mass is 10.3. The van der Waals surface area contributed by atoms with Gasteiger partial charge < -0.3 is 15.4 Å². The molecular formula is C10H13BrN2O2. The molecule has 5 heteroatoms. The van der Waals surface area contributed by atoms with Gasteiger partial charge in [-0.15, -0.1) is 0 Å². The van der Waals surface area contributed by atoms with Gasteiger partial charge in [0.2, 0.25) is 0 Å². The lowest BCUT2D eigenvalue weighted by Crippen LogP contribution is -2.31. The number of nitrogens with one attached hydrogen (secondary N) is 2. The monoisotopic (exact) mass is 272 g/mol. The van der Waals surface area contributed by atoms with Gasteiger partial charge in [0.05, 0.1) is 6.61 Å². The van der Waals surface area contributed by atoms with Crippen LogP contribution in [-0.2, 0) is 4.74 Å². The molecule has 82 valence electrons. The second-order valence-electron chi connectivity index (χ2n) is 2.88. The number of ether oxygens (including phenoxy) is 1. The minimum absolute atomic E-state index is 0.227. The van der Waals surface area contributed by atoms with Crippen molar-refractivity contribution in [1.82, 2.24) is 5.32 Å². The van der Waals surface area contributed by atoms with E-state index in [4.69, 9.17) is 4.74 Å². The number of hydrogen-bond acceptors (Lipinski definition) is 2. The molecule has 0 fully saturated rings. The van der Waals surface area contributed by atoms with Crippen LogP contribution in [0, 0.1) is 0 Å². The fourth-order valence-corrected chi connectivity index (χ4v) is 1.24. The summed E-state index contributed by atoms with van der Waals surface area (Å²) in [5.41, 5.74) is 0.758. The highest BCUT2D eigenvalue weighted by atomic mass is 79.9. The third-order valence-corrected chi connectivity index (χ3v) is 2.22. The lowest BCUT2D eigenvalue weighted by Gasteiger charge is -2.06. The average Bonchev–Trinajstić information content (AvgIpc) is 2.22. The van der Waals surface area contributed by atoms with Crippen molar-refractivity contribution < 1.29 is 9.53 Å². The zero-order chi connectivity index (χ0) is 11.1. The topological polar surface area (TPSA) is 50.4 Å². The molecule has 0 aromatic heterocycles. The maximum absolute atomic E-state index is 11.3. The number of methoxy groups -OCH3 is 1. The molecule has 1 aromatic carbocycles. The van der Waals surface area contributed by atoms with Crippen LogP contribution in [-0.4, -0.2) is 26.3 Å². The molecule has 0 saturated carbocycles. The summed E-state index contributed by atoms with van der Waals surface area (Å²) in [6.45, 7) is 1.01. The van der Waals surface area contributed by atoms with E-state index in [9.17, 15) is 4.79 Å². The zero-order valence-corrected chi connectivity index (χ0v) is 10.0. The predicted molar refractivity (Wildman–Crippen MR) is 63.0 cm³/mol. The van der Waals surface area contributed by atoms with Crippen molar-refractivity contribution in [3.63, 3.8) is 0 Å². The molecule has 0 unspecified atom stereocenters. The van der Waals surface area contributed by atoms with Crippen LogP contribution in [0.25, 0.3) is 0 Å². The standard InChI is InChI=1S/C10H13BrN2O2/c1-15-7-6-12-10(14)13-9-4-2-8(11)3-5-9/h2-5H,6-7H2,1H3,(H2,12,13,14). The van der Waals surface area contributed by atoms with Gasteiger partial charge in [-0.1, -0.05) is 15.9 Å². The van der Waals surface area contributed by atoms with E-state index < -0.39 is 0 Å². The molecule has 15 heavy (non-hydrogen) atoms. The van der Waals surface area contributed by atoms with Gasteiger partial charge in [0.15, 0.2) is 0 Å². The highest BCUT2D eigenvalue weighted by Crippen LogP contribution is 2.13. The Morgan fingerprint density at radius 2 is 2.07 bits per heavy atom. The van der Waals surface area contributed by atoms with Crippen molar-refractivity contribution in [1.29, 1.82) is 0 Å². The van der Waals surface area contributed by atoms with Gasteiger partial charge in [0, 0.05) is 23.8 Å². The van der Waals surface area contributed by atoms with E-state index >= 15 is 0 Å². The fraction of sp³-hybridized carbons (Fsp3) is 0.300. The number of rotatable bonds is 4. The summed E-state index contributed by atoms with van der Waals surface area (Å²) in [4.78, 5) is 11.3. The Morgan fingerprint density at radius 1 is 1.40 bits per heavy atom. The molecule has 0 radical (unpaired) electrons. The Morgan fingerprint density at radius 3 is 2.67 bits per heavy atom. The van der Waals surface area contributed by atoms with Gasteiger partial charge in [0.1, 0.15) is 0 Å². The van der Waals surface area contributed by atoms with Gasteiger partial charge in [0.25, 0.3) is 0 Å². The Labute approximate surface area is 97.1 Å². The number of anilines is 1. The molecule has 0 heterocycles. The van der Waals surface area contributed by atoms with Crippen LogP contribution in [0.5, 0.6) is 0 Å². The van der Waals surface area contributed by atoms with Crippen molar-refractivity contribution >= 4 is 27.6 Å². The third kappa shape index (κ3) is 4.80. The van der Waals surface area contributed by atoms with E-state index in [1.165, 1.54) is 0 Å².